The number of aliphatic hydroxyl groups excluding tert-OH is 1. The Morgan fingerprint density at radius 3 is 2.65 bits per heavy atom. The Labute approximate surface area is 137 Å². The summed E-state index contributed by atoms with van der Waals surface area (Å²) in [6.07, 6.45) is -0.657. The number of nitrogens with one attached hydrogen (secondary N) is 1. The lowest BCUT2D eigenvalue weighted by Crippen LogP contribution is -2.13. The van der Waals surface area contributed by atoms with Crippen LogP contribution in [0.3, 0.4) is 0 Å². The van der Waals surface area contributed by atoms with Gasteiger partial charge in [0, 0.05) is 12.1 Å². The number of aliphatic hydroxyl groups is 1. The summed E-state index contributed by atoms with van der Waals surface area (Å²) in [7, 11) is 1.22. The van der Waals surface area contributed by atoms with Crippen LogP contribution >= 0.6 is 0 Å². The maximum absolute atomic E-state index is 12.3. The van der Waals surface area contributed by atoms with Gasteiger partial charge >= 0.3 is 5.97 Å². The zero-order valence-corrected chi connectivity index (χ0v) is 13.5. The van der Waals surface area contributed by atoms with Crippen LogP contribution in [-0.4, -0.2) is 27.8 Å². The lowest BCUT2D eigenvalue weighted by atomic mass is 10.1. The zero-order valence-electron chi connectivity index (χ0n) is 12.6. The van der Waals surface area contributed by atoms with Gasteiger partial charge in [0.2, 0.25) is 0 Å². The summed E-state index contributed by atoms with van der Waals surface area (Å²) < 4.78 is 19.6. The monoisotopic (exact) mass is 335 g/mol. The quantitative estimate of drug-likeness (QED) is 0.573. The fourth-order valence-corrected chi connectivity index (χ4v) is 2.84. The number of carbonyl (C=O) groups excluding carboxylic acids is 1. The van der Waals surface area contributed by atoms with Gasteiger partial charge in [0.05, 0.1) is 18.9 Å². The molecule has 2 unspecified atom stereocenters. The van der Waals surface area contributed by atoms with E-state index >= 15 is 0 Å². The summed E-state index contributed by atoms with van der Waals surface area (Å²) >= 11 is -1.58. The van der Waals surface area contributed by atoms with Crippen LogP contribution in [0.25, 0.3) is 0 Å². The summed E-state index contributed by atoms with van der Waals surface area (Å²) in [5.74, 6) is -0.920. The molecule has 122 valence electrons. The number of phenols is 1. The molecule has 0 heterocycles. The average molecular weight is 335 g/mol. The molecule has 0 aliphatic heterocycles. The van der Waals surface area contributed by atoms with Crippen LogP contribution in [0.15, 0.2) is 47.4 Å². The third-order valence-electron chi connectivity index (χ3n) is 3.17. The maximum atomic E-state index is 12.3. The highest BCUT2D eigenvalue weighted by Crippen LogP contribution is 2.25. The van der Waals surface area contributed by atoms with E-state index in [-0.39, 0.29) is 11.3 Å². The van der Waals surface area contributed by atoms with Crippen molar-refractivity contribution in [3.05, 3.63) is 53.6 Å². The van der Waals surface area contributed by atoms with Crippen molar-refractivity contribution in [3.63, 3.8) is 0 Å². The number of anilines is 1. The Bertz CT molecular complexity index is 705. The molecule has 23 heavy (non-hydrogen) atoms. The molecule has 0 spiro atoms. The molecule has 0 aromatic heterocycles. The molecule has 0 bridgehead atoms. The smallest absolute Gasteiger partial charge is 0.341 e. The van der Waals surface area contributed by atoms with Crippen molar-refractivity contribution in [2.24, 2.45) is 0 Å². The molecule has 0 saturated carbocycles. The van der Waals surface area contributed by atoms with Crippen molar-refractivity contribution in [1.29, 1.82) is 0 Å². The molecule has 0 fully saturated rings. The van der Waals surface area contributed by atoms with E-state index in [1.807, 2.05) is 0 Å². The Kier molecular flexibility index (Phi) is 5.49. The van der Waals surface area contributed by atoms with Crippen molar-refractivity contribution in [1.82, 2.24) is 0 Å². The van der Waals surface area contributed by atoms with E-state index in [9.17, 15) is 19.6 Å². The number of carbonyl (C=O) groups is 1. The van der Waals surface area contributed by atoms with Gasteiger partial charge in [-0.25, -0.2) is 9.52 Å². The molecule has 6 nitrogen and oxygen atoms in total. The van der Waals surface area contributed by atoms with Crippen molar-refractivity contribution in [2.45, 2.75) is 17.9 Å². The molecule has 0 amide bonds. The first-order valence-electron chi connectivity index (χ1n) is 6.80. The normalized spacial score (nSPS) is 13.2. The minimum absolute atomic E-state index is 0.0277. The number of phenolic OH excluding ortho intramolecular Hbond substituents is 1. The number of hydrogen-bond acceptors (Lipinski definition) is 6. The van der Waals surface area contributed by atoms with Crippen molar-refractivity contribution in [3.8, 4) is 5.75 Å². The number of benzene rings is 2. The van der Waals surface area contributed by atoms with Gasteiger partial charge in [-0.2, -0.15) is 0 Å². The molecule has 0 aliphatic carbocycles. The highest BCUT2D eigenvalue weighted by molar-refractivity contribution is 7.92. The van der Waals surface area contributed by atoms with Gasteiger partial charge in [0.1, 0.15) is 22.7 Å². The van der Waals surface area contributed by atoms with Gasteiger partial charge in [-0.3, -0.25) is 0 Å². The lowest BCUT2D eigenvalue weighted by molar-refractivity contribution is 0.0597. The van der Waals surface area contributed by atoms with E-state index in [0.29, 0.717) is 16.1 Å². The van der Waals surface area contributed by atoms with Crippen molar-refractivity contribution < 1.29 is 24.3 Å². The first-order chi connectivity index (χ1) is 10.9. The predicted octanol–water partition coefficient (Wildman–Crippen LogP) is 2.37. The largest absolute Gasteiger partial charge is 0.588 e. The zero-order chi connectivity index (χ0) is 17.0. The molecule has 7 heteroatoms. The summed E-state index contributed by atoms with van der Waals surface area (Å²) in [5, 5.41) is 19.4. The second-order valence-corrected chi connectivity index (χ2v) is 6.06. The summed E-state index contributed by atoms with van der Waals surface area (Å²) in [6.45, 7) is 1.62. The van der Waals surface area contributed by atoms with Crippen LogP contribution in [0.5, 0.6) is 5.75 Å². The first-order valence-corrected chi connectivity index (χ1v) is 7.95. The van der Waals surface area contributed by atoms with Crippen LogP contribution in [-0.2, 0) is 16.1 Å². The number of ether oxygens (including phenoxy) is 1. The van der Waals surface area contributed by atoms with Gasteiger partial charge in [-0.1, -0.05) is 12.1 Å². The maximum Gasteiger partial charge on any atom is 0.341 e. The Morgan fingerprint density at radius 1 is 1.30 bits per heavy atom. The standard InChI is InChI=1S/C16H17NO5S/c1-10(18)11-4-3-5-13(8-11)23(21)17-12-6-7-14(15(19)9-12)16(20)22-2/h3-10,17-19H,1-2H3. The van der Waals surface area contributed by atoms with E-state index in [0.717, 1.165) is 0 Å². The molecule has 2 aromatic rings. The van der Waals surface area contributed by atoms with Gasteiger partial charge in [-0.05, 0) is 30.7 Å². The molecule has 0 aliphatic rings. The highest BCUT2D eigenvalue weighted by atomic mass is 32.2. The SMILES string of the molecule is COC(=O)c1ccc(N[S+]([O-])c2cccc(C(C)O)c2)cc1O. The fourth-order valence-electron chi connectivity index (χ4n) is 1.93. The van der Waals surface area contributed by atoms with E-state index in [1.54, 1.807) is 31.2 Å². The van der Waals surface area contributed by atoms with Gasteiger partial charge in [0.25, 0.3) is 0 Å². The summed E-state index contributed by atoms with van der Waals surface area (Å²) in [6, 6.07) is 10.9. The molecule has 0 radical (unpaired) electrons. The van der Waals surface area contributed by atoms with Crippen molar-refractivity contribution >= 4 is 23.0 Å². The minimum atomic E-state index is -1.58. The van der Waals surface area contributed by atoms with Crippen LogP contribution in [0.4, 0.5) is 5.69 Å². The average Bonchev–Trinajstić information content (AvgIpc) is 2.54. The fraction of sp³-hybridized carbons (Fsp3) is 0.188. The van der Waals surface area contributed by atoms with Gasteiger partial charge < -0.3 is 19.5 Å². The summed E-state index contributed by atoms with van der Waals surface area (Å²) in [4.78, 5) is 11.9. The van der Waals surface area contributed by atoms with E-state index in [1.165, 1.54) is 25.3 Å². The van der Waals surface area contributed by atoms with Gasteiger partial charge in [0.15, 0.2) is 4.90 Å². The molecule has 3 N–H and O–H groups in total. The van der Waals surface area contributed by atoms with Crippen LogP contribution in [0.1, 0.15) is 28.9 Å². The van der Waals surface area contributed by atoms with E-state index in [2.05, 4.69) is 9.46 Å². The molecular weight excluding hydrogens is 318 g/mol. The second-order valence-electron chi connectivity index (χ2n) is 4.84. The third kappa shape index (κ3) is 4.16. The molecule has 2 rings (SSSR count). The topological polar surface area (TPSA) is 102 Å². The highest BCUT2D eigenvalue weighted by Gasteiger charge is 2.16. The van der Waals surface area contributed by atoms with E-state index < -0.39 is 23.4 Å². The molecular formula is C16H17NO5S. The Balaban J connectivity index is 2.17. The van der Waals surface area contributed by atoms with Crippen LogP contribution in [0, 0.1) is 0 Å². The molecule has 0 saturated heterocycles. The van der Waals surface area contributed by atoms with Crippen LogP contribution in [0.2, 0.25) is 0 Å². The summed E-state index contributed by atoms with van der Waals surface area (Å²) in [5.41, 5.74) is 1.07. The molecule has 2 atom stereocenters. The Morgan fingerprint density at radius 2 is 2.04 bits per heavy atom. The number of rotatable bonds is 5. The van der Waals surface area contributed by atoms with Crippen LogP contribution < -0.4 is 4.72 Å². The number of esters is 1. The number of aromatic hydroxyl groups is 1. The lowest BCUT2D eigenvalue weighted by Gasteiger charge is -2.13. The molecule has 2 aromatic carbocycles. The minimum Gasteiger partial charge on any atom is -0.588 e. The second kappa shape index (κ2) is 7.36. The first kappa shape index (κ1) is 17.1. The van der Waals surface area contributed by atoms with Gasteiger partial charge in [-0.15, -0.1) is 0 Å². The van der Waals surface area contributed by atoms with Crippen molar-refractivity contribution in [2.75, 3.05) is 11.8 Å². The predicted molar refractivity (Wildman–Crippen MR) is 86.6 cm³/mol. The van der Waals surface area contributed by atoms with E-state index in [4.69, 9.17) is 0 Å². The third-order valence-corrected chi connectivity index (χ3v) is 4.27. The number of hydrogen-bond donors (Lipinski definition) is 3. The Hall–Kier alpha value is -2.22. The number of methoxy groups -OCH3 is 1.